The summed E-state index contributed by atoms with van der Waals surface area (Å²) in [6, 6.07) is 22.2. The number of ether oxygens (including phenoxy) is 2. The van der Waals surface area contributed by atoms with E-state index in [1.807, 2.05) is 6.07 Å². The molecule has 2 aliphatic heterocycles. The van der Waals surface area contributed by atoms with Crippen molar-refractivity contribution in [2.75, 3.05) is 19.6 Å². The maximum atomic E-state index is 14.3. The number of hydrogen-bond donors (Lipinski definition) is 0. The molecule has 1 saturated carbocycles. The summed E-state index contributed by atoms with van der Waals surface area (Å²) in [5, 5.41) is 0.916. The Hall–Kier alpha value is -3.06. The van der Waals surface area contributed by atoms with Crippen molar-refractivity contribution in [3.05, 3.63) is 99.0 Å². The number of amides is 1. The average Bonchev–Trinajstić information content (AvgIpc) is 3.36. The second kappa shape index (κ2) is 12.2. The molecule has 6 nitrogen and oxygen atoms in total. The monoisotopic (exact) mass is 660 g/mol. The zero-order valence-electron chi connectivity index (χ0n) is 26.8. The summed E-state index contributed by atoms with van der Waals surface area (Å²) in [7, 11) is 0. The largest absolute Gasteiger partial charge is 0.487 e. The van der Waals surface area contributed by atoms with Gasteiger partial charge in [0.25, 0.3) is 0 Å². The molecule has 2 aliphatic carbocycles. The molecule has 8 heteroatoms. The third-order valence-electron chi connectivity index (χ3n) is 10.9. The maximum absolute atomic E-state index is 14.3. The average molecular weight is 662 g/mol. The van der Waals surface area contributed by atoms with Gasteiger partial charge < -0.3 is 14.4 Å². The SMILES string of the molecule is CC(=O)O[C@@]12CC[C@@H](N(CC(C)C)C(=O)Cc3ccc(Cl)c(Cl)c3)[C@@H]3Oc4cccc5c4[C@@]31CCN(CCc1ccccc1)[C@@H]2C5. The van der Waals surface area contributed by atoms with Gasteiger partial charge in [-0.25, -0.2) is 0 Å². The molecule has 1 saturated heterocycles. The molecule has 3 aromatic rings. The zero-order chi connectivity index (χ0) is 32.2. The lowest BCUT2D eigenvalue weighted by molar-refractivity contribution is -0.224. The van der Waals surface area contributed by atoms with E-state index < -0.39 is 11.0 Å². The Morgan fingerprint density at radius 1 is 1.02 bits per heavy atom. The van der Waals surface area contributed by atoms with Gasteiger partial charge in [-0.1, -0.05) is 85.6 Å². The number of hydrogen-bond acceptors (Lipinski definition) is 5. The van der Waals surface area contributed by atoms with Crippen LogP contribution in [0.4, 0.5) is 0 Å². The van der Waals surface area contributed by atoms with Gasteiger partial charge in [-0.05, 0) is 79.5 Å². The quantitative estimate of drug-likeness (QED) is 0.230. The van der Waals surface area contributed by atoms with Crippen molar-refractivity contribution >= 4 is 35.1 Å². The van der Waals surface area contributed by atoms with Crippen molar-refractivity contribution in [1.29, 1.82) is 0 Å². The highest BCUT2D eigenvalue weighted by atomic mass is 35.5. The summed E-state index contributed by atoms with van der Waals surface area (Å²) >= 11 is 12.5. The summed E-state index contributed by atoms with van der Waals surface area (Å²) in [6.45, 7) is 8.21. The van der Waals surface area contributed by atoms with E-state index >= 15 is 0 Å². The van der Waals surface area contributed by atoms with E-state index in [9.17, 15) is 9.59 Å². The van der Waals surface area contributed by atoms with Gasteiger partial charge in [0.05, 0.1) is 34.0 Å². The molecule has 0 radical (unpaired) electrons. The second-order valence-electron chi connectivity index (χ2n) is 14.0. The molecule has 0 aromatic heterocycles. The summed E-state index contributed by atoms with van der Waals surface area (Å²) in [6.07, 6.45) is 3.79. The smallest absolute Gasteiger partial charge is 0.303 e. The van der Waals surface area contributed by atoms with Crippen LogP contribution in [0.3, 0.4) is 0 Å². The molecule has 0 unspecified atom stereocenters. The standard InChI is InChI=1S/C38H42Cl2N2O4/c1-24(2)23-42(34(44)21-27-12-13-29(39)30(40)20-27)31-14-16-38(46-25(3)43)33-22-28-10-7-11-32-35(28)37(38,36(31)45-32)17-19-41(33)18-15-26-8-5-4-6-9-26/h4-13,20,24,31,33,36H,14-19,21-23H2,1-3H3/t31-,33-,36+,37+,38-/m1/s1. The van der Waals surface area contributed by atoms with Crippen LogP contribution in [-0.4, -0.2) is 65.1 Å². The van der Waals surface area contributed by atoms with Gasteiger partial charge in [-0.3, -0.25) is 14.5 Å². The van der Waals surface area contributed by atoms with Crippen molar-refractivity contribution in [3.63, 3.8) is 0 Å². The van der Waals surface area contributed by atoms with Crippen molar-refractivity contribution in [2.24, 2.45) is 5.92 Å². The molecule has 2 fully saturated rings. The summed E-state index contributed by atoms with van der Waals surface area (Å²) in [4.78, 5) is 32.0. The van der Waals surface area contributed by atoms with Gasteiger partial charge in [0.15, 0.2) is 0 Å². The highest BCUT2D eigenvalue weighted by Gasteiger charge is 2.75. The number of rotatable bonds is 9. The first-order valence-corrected chi connectivity index (χ1v) is 17.4. The third-order valence-corrected chi connectivity index (χ3v) is 11.6. The number of carbonyl (C=O) groups is 2. The molecular formula is C38H42Cl2N2O4. The Morgan fingerprint density at radius 2 is 1.83 bits per heavy atom. The van der Waals surface area contributed by atoms with Crippen LogP contribution in [0.1, 0.15) is 62.3 Å². The fourth-order valence-electron chi connectivity index (χ4n) is 9.25. The molecule has 242 valence electrons. The number of piperidine rings is 1. The van der Waals surface area contributed by atoms with E-state index in [1.165, 1.54) is 16.7 Å². The normalized spacial score (nSPS) is 27.6. The van der Waals surface area contributed by atoms with Crippen molar-refractivity contribution < 1.29 is 19.1 Å². The third kappa shape index (κ3) is 5.12. The van der Waals surface area contributed by atoms with Crippen LogP contribution < -0.4 is 4.74 Å². The summed E-state index contributed by atoms with van der Waals surface area (Å²) in [5.41, 5.74) is 3.32. The van der Waals surface area contributed by atoms with Crippen LogP contribution in [0.5, 0.6) is 5.75 Å². The van der Waals surface area contributed by atoms with Crippen LogP contribution >= 0.6 is 23.2 Å². The van der Waals surface area contributed by atoms with Crippen molar-refractivity contribution in [3.8, 4) is 5.75 Å². The van der Waals surface area contributed by atoms with Gasteiger partial charge in [-0.2, -0.15) is 0 Å². The lowest BCUT2D eigenvalue weighted by Crippen LogP contribution is -2.79. The first-order chi connectivity index (χ1) is 22.1. The molecule has 4 aliphatic rings. The predicted molar refractivity (Wildman–Crippen MR) is 181 cm³/mol. The Morgan fingerprint density at radius 3 is 2.57 bits per heavy atom. The minimum Gasteiger partial charge on any atom is -0.487 e. The molecule has 5 atom stereocenters. The highest BCUT2D eigenvalue weighted by molar-refractivity contribution is 6.42. The van der Waals surface area contributed by atoms with Crippen LogP contribution in [0.2, 0.25) is 10.0 Å². The van der Waals surface area contributed by atoms with Crippen LogP contribution in [0, 0.1) is 5.92 Å². The van der Waals surface area contributed by atoms with Crippen LogP contribution in [0.15, 0.2) is 66.7 Å². The van der Waals surface area contributed by atoms with E-state index in [2.05, 4.69) is 72.2 Å². The molecule has 1 amide bonds. The molecule has 2 bridgehead atoms. The molecule has 46 heavy (non-hydrogen) atoms. The van der Waals surface area contributed by atoms with Crippen LogP contribution in [0.25, 0.3) is 0 Å². The lowest BCUT2D eigenvalue weighted by atomic mass is 9.48. The molecule has 3 aromatic carbocycles. The molecule has 0 N–H and O–H groups in total. The first kappa shape index (κ1) is 31.5. The lowest BCUT2D eigenvalue weighted by Gasteiger charge is -2.65. The van der Waals surface area contributed by atoms with E-state index in [0.29, 0.717) is 29.4 Å². The van der Waals surface area contributed by atoms with E-state index in [4.69, 9.17) is 32.7 Å². The molecule has 7 rings (SSSR count). The van der Waals surface area contributed by atoms with Gasteiger partial charge in [0.2, 0.25) is 5.91 Å². The zero-order valence-corrected chi connectivity index (χ0v) is 28.3. The fourth-order valence-corrected chi connectivity index (χ4v) is 9.58. The number of esters is 1. The van der Waals surface area contributed by atoms with Gasteiger partial charge in [0.1, 0.15) is 17.5 Å². The van der Waals surface area contributed by atoms with Gasteiger partial charge in [-0.15, -0.1) is 0 Å². The van der Waals surface area contributed by atoms with Crippen molar-refractivity contribution in [2.45, 2.75) is 88.5 Å². The van der Waals surface area contributed by atoms with Crippen LogP contribution in [-0.2, 0) is 39.0 Å². The minimum absolute atomic E-state index is 0.0206. The highest BCUT2D eigenvalue weighted by Crippen LogP contribution is 2.65. The second-order valence-corrected chi connectivity index (χ2v) is 14.8. The number of halogens is 2. The maximum Gasteiger partial charge on any atom is 0.303 e. The number of nitrogens with zero attached hydrogens (tertiary/aromatic N) is 2. The first-order valence-electron chi connectivity index (χ1n) is 16.6. The Kier molecular flexibility index (Phi) is 8.36. The number of likely N-dealkylation sites (tertiary alicyclic amines) is 1. The Bertz CT molecular complexity index is 1650. The van der Waals surface area contributed by atoms with E-state index in [0.717, 1.165) is 43.7 Å². The summed E-state index contributed by atoms with van der Waals surface area (Å²) in [5.74, 6) is 0.923. The van der Waals surface area contributed by atoms with Gasteiger partial charge in [0, 0.05) is 25.6 Å². The van der Waals surface area contributed by atoms with E-state index in [1.54, 1.807) is 19.1 Å². The predicted octanol–water partition coefficient (Wildman–Crippen LogP) is 7.06. The molecular weight excluding hydrogens is 619 g/mol. The molecule has 2 heterocycles. The van der Waals surface area contributed by atoms with E-state index in [-0.39, 0.29) is 42.4 Å². The minimum atomic E-state index is -0.745. The summed E-state index contributed by atoms with van der Waals surface area (Å²) < 4.78 is 13.7. The fraction of sp³-hybridized carbons (Fsp3) is 0.474. The number of carbonyl (C=O) groups excluding carboxylic acids is 2. The topological polar surface area (TPSA) is 59.1 Å². The van der Waals surface area contributed by atoms with Gasteiger partial charge >= 0.3 is 5.97 Å². The van der Waals surface area contributed by atoms with Crippen molar-refractivity contribution in [1.82, 2.24) is 9.80 Å². The molecule has 1 spiro atoms. The number of benzene rings is 3. The Labute approximate surface area is 281 Å². The Balaban J connectivity index is 1.28.